The molecule has 304 valence electrons. The molecule has 0 aliphatic heterocycles. The number of carbonyl (C=O) groups is 1. The minimum atomic E-state index is -0.427. The molecule has 10 nitrogen and oxygen atoms in total. The Hall–Kier alpha value is -0.156. The van der Waals surface area contributed by atoms with E-state index < -0.39 is 4.92 Å². The van der Waals surface area contributed by atoms with Crippen molar-refractivity contribution in [3.05, 3.63) is 143 Å². The zero-order chi connectivity index (χ0) is 42.1. The zero-order valence-electron chi connectivity index (χ0n) is 36.7. The topological polar surface area (TPSA) is 162 Å². The van der Waals surface area contributed by atoms with Crippen LogP contribution in [0.25, 0.3) is 0 Å². The molecule has 0 aliphatic rings. The van der Waals surface area contributed by atoms with Crippen LogP contribution in [-0.2, 0) is 41.8 Å². The maximum Gasteiger partial charge on any atom is 1.00 e. The standard InChI is InChI=1S/C21H27NO2.C14H23N.C6H4BrNO2.CH2O3.CH4S.2Cs.H/c1-15(2)12-17-9-7-10-18(13-16(3)4)20(17)14-19-8-5-6-11-21(19)22(23)24;1-10(2)8-12-6-5-7-13(14(12)15)9-11(3)4;7-5-3-1-2-4-6(5)8(9)10;2-1-4-3;1-2;;;/h5-11,15-16H,12-14H2,1-4H3;5-7,10-11H,8-9,15H2,1-4H3;1-4H;1,3H;2H,1H3;;;/q;;;;;2*+1;-1/p-1. The van der Waals surface area contributed by atoms with Crippen molar-refractivity contribution in [3.8, 4) is 0 Å². The molecule has 57 heavy (non-hydrogen) atoms. The molecule has 0 aliphatic carbocycles. The first-order chi connectivity index (χ1) is 26.0. The van der Waals surface area contributed by atoms with Crippen molar-refractivity contribution >= 4 is 52.1 Å². The number of nitrogens with zero attached hydrogens (tertiary/aromatic N) is 2. The van der Waals surface area contributed by atoms with E-state index in [1.807, 2.05) is 12.1 Å². The Balaban J connectivity index is -0.000000369. The Morgan fingerprint density at radius 1 is 0.632 bits per heavy atom. The molecular weight excluding hydrogens is 1050 g/mol. The number of carbonyl (C=O) groups excluding carboxylic acids is 1. The van der Waals surface area contributed by atoms with Crippen LogP contribution in [0.15, 0.2) is 89.4 Å². The van der Waals surface area contributed by atoms with E-state index in [-0.39, 0.29) is 162 Å². The van der Waals surface area contributed by atoms with Crippen molar-refractivity contribution in [1.29, 1.82) is 0 Å². The third kappa shape index (κ3) is 26.0. The Bertz CT molecular complexity index is 1700. The number of rotatable bonds is 13. The number of nitro benzene ring substituents is 2. The number of thiol groups is 1. The van der Waals surface area contributed by atoms with Gasteiger partial charge in [0.1, 0.15) is 0 Å². The normalized spacial score (nSPS) is 9.82. The molecule has 0 atom stereocenters. The fourth-order valence-electron chi connectivity index (χ4n) is 5.71. The van der Waals surface area contributed by atoms with Gasteiger partial charge in [0.15, 0.2) is 0 Å². The van der Waals surface area contributed by atoms with E-state index >= 15 is 0 Å². The predicted molar refractivity (Wildman–Crippen MR) is 231 cm³/mol. The van der Waals surface area contributed by atoms with Gasteiger partial charge in [0, 0.05) is 29.8 Å². The first-order valence-corrected chi connectivity index (χ1v) is 19.9. The minimum absolute atomic E-state index is 0. The quantitative estimate of drug-likeness (QED) is 0.0487. The molecule has 0 radical (unpaired) electrons. The summed E-state index contributed by atoms with van der Waals surface area (Å²) in [6, 6.07) is 26.4. The Morgan fingerprint density at radius 3 is 1.28 bits per heavy atom. The molecule has 2 N–H and O–H groups in total. The average molecular weight is 1110 g/mol. The SMILES string of the molecule is CC(C)Cc1cccc(CC(C)C)c1Cc1ccccc1[N+](=O)[O-].CC(C)Cc1cccc(CC(C)C)c1N.CS.O=CO[O-].O=[N+]([O-])c1ccccc1Br.[Cs+].[Cs+].[H-]. The number of anilines is 1. The van der Waals surface area contributed by atoms with Gasteiger partial charge in [0.25, 0.3) is 17.8 Å². The molecule has 0 aromatic heterocycles. The van der Waals surface area contributed by atoms with E-state index in [9.17, 15) is 20.2 Å². The number of hydrogen-bond acceptors (Lipinski definition) is 9. The first-order valence-electron chi connectivity index (χ1n) is 18.3. The van der Waals surface area contributed by atoms with Crippen molar-refractivity contribution in [1.82, 2.24) is 0 Å². The summed E-state index contributed by atoms with van der Waals surface area (Å²) in [5.74, 6) is 2.45. The van der Waals surface area contributed by atoms with E-state index in [1.54, 1.807) is 36.6 Å². The summed E-state index contributed by atoms with van der Waals surface area (Å²) >= 11 is 6.58. The molecule has 0 heterocycles. The largest absolute Gasteiger partial charge is 1.00 e. The smallest absolute Gasteiger partial charge is 1.00 e. The molecule has 0 amide bonds. The molecule has 4 aromatic carbocycles. The number of halogens is 1. The van der Waals surface area contributed by atoms with Gasteiger partial charge in [-0.05, 0) is 105 Å². The molecular formula is C43H60BrCs2N3O7S. The molecule has 0 unspecified atom stereocenters. The summed E-state index contributed by atoms with van der Waals surface area (Å²) in [5.41, 5.74) is 14.8. The second-order valence-corrected chi connectivity index (χ2v) is 15.3. The second-order valence-electron chi connectivity index (χ2n) is 14.4. The van der Waals surface area contributed by atoms with Crippen LogP contribution in [0.3, 0.4) is 0 Å². The van der Waals surface area contributed by atoms with Gasteiger partial charge in [0.2, 0.25) is 0 Å². The fraction of sp³-hybridized carbons (Fsp3) is 0.419. The summed E-state index contributed by atoms with van der Waals surface area (Å²) in [6.07, 6.45) is 6.49. The van der Waals surface area contributed by atoms with Gasteiger partial charge in [0.05, 0.1) is 14.3 Å². The molecule has 14 heteroatoms. The number of hydrogen-bond donors (Lipinski definition) is 2. The van der Waals surface area contributed by atoms with Crippen LogP contribution in [0.5, 0.6) is 0 Å². The van der Waals surface area contributed by atoms with Crippen molar-refractivity contribution in [3.63, 3.8) is 0 Å². The van der Waals surface area contributed by atoms with Crippen LogP contribution in [0.4, 0.5) is 17.1 Å². The molecule has 4 rings (SSSR count). The second kappa shape index (κ2) is 35.4. The van der Waals surface area contributed by atoms with E-state index in [0.29, 0.717) is 34.6 Å². The van der Waals surface area contributed by atoms with Crippen molar-refractivity contribution in [2.24, 2.45) is 23.7 Å². The van der Waals surface area contributed by atoms with Gasteiger partial charge in [-0.3, -0.25) is 25.0 Å². The predicted octanol–water partition coefficient (Wildman–Crippen LogP) is 4.71. The van der Waals surface area contributed by atoms with Gasteiger partial charge in [-0.15, -0.1) is 0 Å². The van der Waals surface area contributed by atoms with Gasteiger partial charge in [-0.2, -0.15) is 12.6 Å². The number of para-hydroxylation sites is 3. The van der Waals surface area contributed by atoms with Crippen LogP contribution < -0.4 is 149 Å². The third-order valence-corrected chi connectivity index (χ3v) is 8.48. The van der Waals surface area contributed by atoms with Crippen molar-refractivity contribution < 1.29 is 164 Å². The van der Waals surface area contributed by atoms with Gasteiger partial charge < -0.3 is 17.3 Å². The van der Waals surface area contributed by atoms with E-state index in [1.165, 1.54) is 33.9 Å². The van der Waals surface area contributed by atoms with Gasteiger partial charge in [-0.1, -0.05) is 122 Å². The third-order valence-electron chi connectivity index (χ3n) is 7.81. The van der Waals surface area contributed by atoms with Gasteiger partial charge in [-0.25, -0.2) is 0 Å². The summed E-state index contributed by atoms with van der Waals surface area (Å²) in [5, 5.41) is 30.0. The molecule has 0 fully saturated rings. The van der Waals surface area contributed by atoms with E-state index in [0.717, 1.165) is 36.9 Å². The summed E-state index contributed by atoms with van der Waals surface area (Å²) in [6.45, 7) is 17.6. The van der Waals surface area contributed by atoms with E-state index in [4.69, 9.17) is 15.8 Å². The summed E-state index contributed by atoms with van der Waals surface area (Å²) in [7, 11) is 0. The monoisotopic (exact) mass is 1110 g/mol. The Kier molecular flexibility index (Phi) is 38.0. The summed E-state index contributed by atoms with van der Waals surface area (Å²) < 4.78 is 0.514. The molecule has 0 bridgehead atoms. The van der Waals surface area contributed by atoms with Crippen LogP contribution in [0.2, 0.25) is 0 Å². The van der Waals surface area contributed by atoms with Crippen LogP contribution in [0, 0.1) is 43.9 Å². The van der Waals surface area contributed by atoms with Crippen LogP contribution >= 0.6 is 28.6 Å². The van der Waals surface area contributed by atoms with Crippen molar-refractivity contribution in [2.75, 3.05) is 12.0 Å². The Labute approximate surface area is 473 Å². The minimum Gasteiger partial charge on any atom is -1.00 e. The van der Waals surface area contributed by atoms with E-state index in [2.05, 4.69) is 125 Å². The Morgan fingerprint density at radius 2 is 0.947 bits per heavy atom. The molecule has 4 aromatic rings. The maximum atomic E-state index is 11.3. The molecule has 0 saturated heterocycles. The molecule has 0 saturated carbocycles. The zero-order valence-corrected chi connectivity index (χ0v) is 50.7. The summed E-state index contributed by atoms with van der Waals surface area (Å²) in [4.78, 5) is 32.1. The number of benzene rings is 4. The number of nitrogens with two attached hydrogens (primary N) is 1. The van der Waals surface area contributed by atoms with Crippen LogP contribution in [-0.4, -0.2) is 22.6 Å². The first kappa shape index (κ1) is 61.1. The van der Waals surface area contributed by atoms with Crippen molar-refractivity contribution in [2.45, 2.75) is 87.5 Å². The maximum absolute atomic E-state index is 11.3. The molecule has 0 spiro atoms. The van der Waals surface area contributed by atoms with Crippen LogP contribution in [0.1, 0.15) is 90.2 Å². The average Bonchev–Trinajstić information content (AvgIpc) is 3.12. The van der Waals surface area contributed by atoms with Gasteiger partial charge >= 0.3 is 138 Å². The number of nitro groups is 2. The fourth-order valence-corrected chi connectivity index (χ4v) is 6.14. The number of nitrogen functional groups attached to an aromatic ring is 1.